The third-order valence-electron chi connectivity index (χ3n) is 1.64. The number of hydrogen-bond donors (Lipinski definition) is 3. The van der Waals surface area contributed by atoms with Crippen LogP contribution in [0.25, 0.3) is 0 Å². The molecule has 0 radical (unpaired) electrons. The number of aromatic nitrogens is 3. The van der Waals surface area contributed by atoms with Crippen LogP contribution in [0.3, 0.4) is 0 Å². The zero-order valence-corrected chi connectivity index (χ0v) is 9.43. The van der Waals surface area contributed by atoms with Crippen LogP contribution in [0, 0.1) is 0 Å². The van der Waals surface area contributed by atoms with Crippen molar-refractivity contribution in [1.29, 1.82) is 0 Å². The lowest BCUT2D eigenvalue weighted by atomic mass is 10.4. The van der Waals surface area contributed by atoms with E-state index in [0.29, 0.717) is 12.1 Å². The summed E-state index contributed by atoms with van der Waals surface area (Å²) in [7, 11) is 0. The van der Waals surface area contributed by atoms with Crippen molar-refractivity contribution < 1.29 is 9.53 Å². The van der Waals surface area contributed by atoms with Gasteiger partial charge in [0.25, 0.3) is 0 Å². The molecular weight excluding hydrogens is 224 g/mol. The Morgan fingerprint density at radius 1 is 1.35 bits per heavy atom. The van der Waals surface area contributed by atoms with Gasteiger partial charge in [-0.3, -0.25) is 0 Å². The number of rotatable bonds is 5. The largest absolute Gasteiger partial charge is 0.460 e. The van der Waals surface area contributed by atoms with Gasteiger partial charge in [-0.2, -0.15) is 15.0 Å². The Kier molecular flexibility index (Phi) is 4.21. The monoisotopic (exact) mass is 238 g/mol. The van der Waals surface area contributed by atoms with E-state index in [1.54, 1.807) is 6.92 Å². The van der Waals surface area contributed by atoms with Crippen LogP contribution in [0.1, 0.15) is 6.92 Å². The van der Waals surface area contributed by atoms with Gasteiger partial charge < -0.3 is 21.5 Å². The molecule has 0 bridgehead atoms. The van der Waals surface area contributed by atoms with Gasteiger partial charge in [-0.25, -0.2) is 4.79 Å². The molecule has 0 atom stereocenters. The zero-order valence-electron chi connectivity index (χ0n) is 9.43. The van der Waals surface area contributed by atoms with E-state index in [9.17, 15) is 4.79 Å². The van der Waals surface area contributed by atoms with E-state index in [4.69, 9.17) is 16.2 Å². The molecule has 0 aliphatic heterocycles. The van der Waals surface area contributed by atoms with Gasteiger partial charge in [-0.05, 0) is 6.92 Å². The third-order valence-corrected chi connectivity index (χ3v) is 1.64. The van der Waals surface area contributed by atoms with Gasteiger partial charge in [0.2, 0.25) is 17.8 Å². The van der Waals surface area contributed by atoms with Gasteiger partial charge >= 0.3 is 5.97 Å². The van der Waals surface area contributed by atoms with Crippen molar-refractivity contribution in [2.24, 2.45) is 0 Å². The maximum Gasteiger partial charge on any atom is 0.333 e. The zero-order chi connectivity index (χ0) is 12.8. The van der Waals surface area contributed by atoms with Gasteiger partial charge in [0.05, 0.1) is 6.54 Å². The van der Waals surface area contributed by atoms with E-state index in [0.717, 1.165) is 0 Å². The predicted octanol–water partition coefficient (Wildman–Crippen LogP) is -0.433. The lowest BCUT2D eigenvalue weighted by Gasteiger charge is -2.06. The van der Waals surface area contributed by atoms with Gasteiger partial charge in [-0.1, -0.05) is 6.58 Å². The highest BCUT2D eigenvalue weighted by Gasteiger charge is 2.03. The summed E-state index contributed by atoms with van der Waals surface area (Å²) in [4.78, 5) is 22.2. The number of ether oxygens (including phenoxy) is 1. The molecule has 0 aromatic carbocycles. The minimum Gasteiger partial charge on any atom is -0.460 e. The summed E-state index contributed by atoms with van der Waals surface area (Å²) < 4.78 is 4.85. The summed E-state index contributed by atoms with van der Waals surface area (Å²) in [6.07, 6.45) is 0. The fraction of sp³-hybridized carbons (Fsp3) is 0.333. The molecule has 0 amide bonds. The van der Waals surface area contributed by atoms with Gasteiger partial charge in [0, 0.05) is 5.57 Å². The fourth-order valence-corrected chi connectivity index (χ4v) is 0.918. The molecular formula is C9H14N6O2. The number of carbonyl (C=O) groups is 1. The second kappa shape index (κ2) is 5.64. The summed E-state index contributed by atoms with van der Waals surface area (Å²) in [5.74, 6) is -0.152. The molecule has 92 valence electrons. The Morgan fingerprint density at radius 2 is 1.94 bits per heavy atom. The molecule has 0 saturated carbocycles. The molecule has 0 saturated heterocycles. The molecule has 8 heteroatoms. The Labute approximate surface area is 98.1 Å². The van der Waals surface area contributed by atoms with E-state index in [-0.39, 0.29) is 24.5 Å². The molecule has 1 aromatic rings. The van der Waals surface area contributed by atoms with Crippen molar-refractivity contribution >= 4 is 23.8 Å². The van der Waals surface area contributed by atoms with Gasteiger partial charge in [0.15, 0.2) is 0 Å². The number of nitrogens with zero attached hydrogens (tertiary/aromatic N) is 3. The molecule has 1 aromatic heterocycles. The number of carbonyl (C=O) groups excluding carboxylic acids is 1. The topological polar surface area (TPSA) is 129 Å². The molecule has 0 unspecified atom stereocenters. The highest BCUT2D eigenvalue weighted by molar-refractivity contribution is 5.86. The maximum atomic E-state index is 11.0. The average Bonchev–Trinajstić information content (AvgIpc) is 2.22. The first kappa shape index (κ1) is 12.7. The van der Waals surface area contributed by atoms with Crippen LogP contribution in [0.2, 0.25) is 0 Å². The van der Waals surface area contributed by atoms with E-state index < -0.39 is 5.97 Å². The molecule has 8 nitrogen and oxygen atoms in total. The van der Waals surface area contributed by atoms with Crippen molar-refractivity contribution in [3.8, 4) is 0 Å². The van der Waals surface area contributed by atoms with Crippen LogP contribution in [0.4, 0.5) is 17.8 Å². The van der Waals surface area contributed by atoms with Crippen molar-refractivity contribution in [1.82, 2.24) is 15.0 Å². The SMILES string of the molecule is C=C(C)C(=O)OCCNc1nc(N)nc(N)n1. The minimum absolute atomic E-state index is 0.0268. The predicted molar refractivity (Wildman–Crippen MR) is 62.9 cm³/mol. The third kappa shape index (κ3) is 4.33. The normalized spacial score (nSPS) is 9.71. The van der Waals surface area contributed by atoms with Crippen LogP contribution in [-0.4, -0.2) is 34.1 Å². The van der Waals surface area contributed by atoms with E-state index in [2.05, 4.69) is 26.8 Å². The summed E-state index contributed by atoms with van der Waals surface area (Å²) >= 11 is 0. The molecule has 17 heavy (non-hydrogen) atoms. The Balaban J connectivity index is 2.36. The van der Waals surface area contributed by atoms with Crippen LogP contribution in [0.5, 0.6) is 0 Å². The quantitative estimate of drug-likeness (QED) is 0.358. The molecule has 0 fully saturated rings. The summed E-state index contributed by atoms with van der Waals surface area (Å²) in [6, 6.07) is 0. The van der Waals surface area contributed by atoms with E-state index >= 15 is 0 Å². The van der Waals surface area contributed by atoms with Crippen LogP contribution in [-0.2, 0) is 9.53 Å². The maximum absolute atomic E-state index is 11.0. The molecule has 0 aliphatic carbocycles. The fourth-order valence-electron chi connectivity index (χ4n) is 0.918. The van der Waals surface area contributed by atoms with Crippen molar-refractivity contribution in [2.45, 2.75) is 6.92 Å². The highest BCUT2D eigenvalue weighted by Crippen LogP contribution is 2.02. The van der Waals surface area contributed by atoms with Crippen molar-refractivity contribution in [3.63, 3.8) is 0 Å². The van der Waals surface area contributed by atoms with Crippen LogP contribution < -0.4 is 16.8 Å². The van der Waals surface area contributed by atoms with Gasteiger partial charge in [0.1, 0.15) is 6.61 Å². The molecule has 1 heterocycles. The number of anilines is 3. The lowest BCUT2D eigenvalue weighted by molar-refractivity contribution is -0.138. The standard InChI is InChI=1S/C9H14N6O2/c1-5(2)6(16)17-4-3-12-9-14-7(10)13-8(11)15-9/h1,3-4H2,2H3,(H5,10,11,12,13,14,15). The lowest BCUT2D eigenvalue weighted by Crippen LogP contribution is -2.16. The number of nitrogens with one attached hydrogen (secondary N) is 1. The summed E-state index contributed by atoms with van der Waals surface area (Å²) in [5, 5.41) is 2.79. The highest BCUT2D eigenvalue weighted by atomic mass is 16.5. The first-order chi connectivity index (χ1) is 7.99. The summed E-state index contributed by atoms with van der Waals surface area (Å²) in [5.41, 5.74) is 11.1. The van der Waals surface area contributed by atoms with E-state index in [1.807, 2.05) is 0 Å². The Morgan fingerprint density at radius 3 is 2.47 bits per heavy atom. The Hall–Kier alpha value is -2.38. The number of hydrogen-bond acceptors (Lipinski definition) is 8. The molecule has 5 N–H and O–H groups in total. The van der Waals surface area contributed by atoms with Crippen LogP contribution >= 0.6 is 0 Å². The number of esters is 1. The minimum atomic E-state index is -0.443. The van der Waals surface area contributed by atoms with Crippen molar-refractivity contribution in [2.75, 3.05) is 29.9 Å². The smallest absolute Gasteiger partial charge is 0.333 e. The average molecular weight is 238 g/mol. The summed E-state index contributed by atoms with van der Waals surface area (Å²) in [6.45, 7) is 5.53. The first-order valence-electron chi connectivity index (χ1n) is 4.82. The second-order valence-corrected chi connectivity index (χ2v) is 3.22. The first-order valence-corrected chi connectivity index (χ1v) is 4.82. The van der Waals surface area contributed by atoms with E-state index in [1.165, 1.54) is 0 Å². The number of nitrogens with two attached hydrogens (primary N) is 2. The second-order valence-electron chi connectivity index (χ2n) is 3.22. The Bertz CT molecular complexity index is 413. The van der Waals surface area contributed by atoms with Crippen LogP contribution in [0.15, 0.2) is 12.2 Å². The number of nitrogen functional groups attached to an aromatic ring is 2. The molecule has 0 spiro atoms. The van der Waals surface area contributed by atoms with Gasteiger partial charge in [-0.15, -0.1) is 0 Å². The molecule has 0 aliphatic rings. The van der Waals surface area contributed by atoms with Crippen molar-refractivity contribution in [3.05, 3.63) is 12.2 Å². The molecule has 1 rings (SSSR count).